The number of benzene rings is 2. The number of ketones is 1. The van der Waals surface area contributed by atoms with E-state index in [2.05, 4.69) is 10.4 Å². The zero-order chi connectivity index (χ0) is 18.5. The van der Waals surface area contributed by atoms with Gasteiger partial charge < -0.3 is 5.32 Å². The minimum absolute atomic E-state index is 0.0994. The van der Waals surface area contributed by atoms with Crippen LogP contribution < -0.4 is 5.32 Å². The average molecular weight is 350 g/mol. The topological polar surface area (TPSA) is 90.1 Å². The number of para-hydroxylation sites is 1. The fraction of sp³-hybridized carbons (Fsp3) is 0.158. The van der Waals surface area contributed by atoms with Crippen LogP contribution in [0.1, 0.15) is 22.8 Å². The fourth-order valence-corrected chi connectivity index (χ4v) is 2.60. The Labute approximate surface area is 150 Å². The molecule has 3 rings (SSSR count). The SMILES string of the molecule is CC(=O)c1ccc(NCCc2cnn(-c3ccccc3)c2)c([N+](=O)[O-])c1. The van der Waals surface area contributed by atoms with Crippen molar-refractivity contribution < 1.29 is 9.72 Å². The van der Waals surface area contributed by atoms with Gasteiger partial charge in [-0.1, -0.05) is 18.2 Å². The van der Waals surface area contributed by atoms with Gasteiger partial charge in [0.25, 0.3) is 5.69 Å². The van der Waals surface area contributed by atoms with Gasteiger partial charge in [-0.25, -0.2) is 4.68 Å². The minimum Gasteiger partial charge on any atom is -0.379 e. The molecule has 0 fully saturated rings. The Morgan fingerprint density at radius 1 is 1.23 bits per heavy atom. The van der Waals surface area contributed by atoms with Crippen LogP contribution in [0.15, 0.2) is 60.9 Å². The predicted molar refractivity (Wildman–Crippen MR) is 98.9 cm³/mol. The van der Waals surface area contributed by atoms with Crippen LogP contribution in [-0.2, 0) is 6.42 Å². The molecule has 0 radical (unpaired) electrons. The molecule has 0 aliphatic carbocycles. The van der Waals surface area contributed by atoms with E-state index in [9.17, 15) is 14.9 Å². The summed E-state index contributed by atoms with van der Waals surface area (Å²) >= 11 is 0. The maximum atomic E-state index is 11.4. The summed E-state index contributed by atoms with van der Waals surface area (Å²) in [5.74, 6) is -0.201. The third-order valence-electron chi connectivity index (χ3n) is 3.99. The first-order chi connectivity index (χ1) is 12.5. The van der Waals surface area contributed by atoms with Gasteiger partial charge in [0.1, 0.15) is 5.69 Å². The molecule has 0 amide bonds. The van der Waals surface area contributed by atoms with Crippen LogP contribution in [0, 0.1) is 10.1 Å². The summed E-state index contributed by atoms with van der Waals surface area (Å²) in [7, 11) is 0. The Morgan fingerprint density at radius 3 is 2.69 bits per heavy atom. The molecule has 1 N–H and O–H groups in total. The number of carbonyl (C=O) groups is 1. The second-order valence-electron chi connectivity index (χ2n) is 5.85. The zero-order valence-corrected chi connectivity index (χ0v) is 14.3. The quantitative estimate of drug-likeness (QED) is 0.399. The molecule has 132 valence electrons. The van der Waals surface area contributed by atoms with Crippen molar-refractivity contribution in [2.75, 3.05) is 11.9 Å². The monoisotopic (exact) mass is 350 g/mol. The Morgan fingerprint density at radius 2 is 2.00 bits per heavy atom. The van der Waals surface area contributed by atoms with Gasteiger partial charge in [0.15, 0.2) is 5.78 Å². The zero-order valence-electron chi connectivity index (χ0n) is 14.3. The van der Waals surface area contributed by atoms with E-state index in [4.69, 9.17) is 0 Å². The van der Waals surface area contributed by atoms with Gasteiger partial charge in [-0.15, -0.1) is 0 Å². The Hall–Kier alpha value is -3.48. The lowest BCUT2D eigenvalue weighted by Gasteiger charge is -2.07. The summed E-state index contributed by atoms with van der Waals surface area (Å²) in [5, 5.41) is 18.6. The van der Waals surface area contributed by atoms with Crippen molar-refractivity contribution in [3.8, 4) is 5.69 Å². The van der Waals surface area contributed by atoms with E-state index in [1.807, 2.05) is 36.5 Å². The van der Waals surface area contributed by atoms with Gasteiger partial charge in [-0.05, 0) is 43.2 Å². The number of anilines is 1. The van der Waals surface area contributed by atoms with Gasteiger partial charge in [0.2, 0.25) is 0 Å². The van der Waals surface area contributed by atoms with Crippen molar-refractivity contribution >= 4 is 17.2 Å². The lowest BCUT2D eigenvalue weighted by Crippen LogP contribution is -2.07. The van der Waals surface area contributed by atoms with Crippen molar-refractivity contribution in [2.24, 2.45) is 0 Å². The van der Waals surface area contributed by atoms with Crippen LogP contribution in [-0.4, -0.2) is 27.0 Å². The molecule has 0 saturated heterocycles. The molecule has 0 spiro atoms. The van der Waals surface area contributed by atoms with Crippen LogP contribution in [0.2, 0.25) is 0 Å². The number of hydrogen-bond acceptors (Lipinski definition) is 5. The third-order valence-corrected chi connectivity index (χ3v) is 3.99. The largest absolute Gasteiger partial charge is 0.379 e. The first kappa shape index (κ1) is 17.3. The molecule has 0 unspecified atom stereocenters. The van der Waals surface area contributed by atoms with Crippen molar-refractivity contribution in [1.82, 2.24) is 9.78 Å². The van der Waals surface area contributed by atoms with Gasteiger partial charge in [0, 0.05) is 24.4 Å². The Kier molecular flexibility index (Phi) is 5.07. The summed E-state index contributed by atoms with van der Waals surface area (Å²) < 4.78 is 1.79. The van der Waals surface area contributed by atoms with E-state index < -0.39 is 4.92 Å². The number of carbonyl (C=O) groups excluding carboxylic acids is 1. The normalized spacial score (nSPS) is 10.5. The molecule has 3 aromatic rings. The molecule has 0 saturated carbocycles. The maximum absolute atomic E-state index is 11.4. The molecule has 26 heavy (non-hydrogen) atoms. The number of nitrogens with zero attached hydrogens (tertiary/aromatic N) is 3. The van der Waals surface area contributed by atoms with Crippen LogP contribution in [0.3, 0.4) is 0 Å². The Balaban J connectivity index is 1.66. The second kappa shape index (κ2) is 7.60. The molecule has 1 aromatic heterocycles. The summed E-state index contributed by atoms with van der Waals surface area (Å²) in [6.07, 6.45) is 4.38. The molecular weight excluding hydrogens is 332 g/mol. The molecule has 0 aliphatic rings. The van der Waals surface area contributed by atoms with E-state index in [0.29, 0.717) is 24.2 Å². The first-order valence-corrected chi connectivity index (χ1v) is 8.17. The molecule has 7 heteroatoms. The highest BCUT2D eigenvalue weighted by molar-refractivity contribution is 5.95. The fourth-order valence-electron chi connectivity index (χ4n) is 2.60. The summed E-state index contributed by atoms with van der Waals surface area (Å²) in [5.41, 5.74) is 2.62. The highest BCUT2D eigenvalue weighted by atomic mass is 16.6. The summed E-state index contributed by atoms with van der Waals surface area (Å²) in [6, 6.07) is 14.2. The number of Topliss-reactive ketones (excluding diaryl/α,β-unsaturated/α-hetero) is 1. The van der Waals surface area contributed by atoms with Crippen molar-refractivity contribution in [3.05, 3.63) is 82.2 Å². The summed E-state index contributed by atoms with van der Waals surface area (Å²) in [4.78, 5) is 22.1. The van der Waals surface area contributed by atoms with Crippen LogP contribution in [0.4, 0.5) is 11.4 Å². The van der Waals surface area contributed by atoms with Gasteiger partial charge in [0.05, 0.1) is 16.8 Å². The number of nitro groups is 1. The van der Waals surface area contributed by atoms with Crippen LogP contribution in [0.25, 0.3) is 5.69 Å². The smallest absolute Gasteiger partial charge is 0.293 e. The number of hydrogen-bond donors (Lipinski definition) is 1. The second-order valence-corrected chi connectivity index (χ2v) is 5.85. The van der Waals surface area contributed by atoms with Gasteiger partial charge in [-0.2, -0.15) is 5.10 Å². The van der Waals surface area contributed by atoms with E-state index >= 15 is 0 Å². The van der Waals surface area contributed by atoms with Gasteiger partial charge in [-0.3, -0.25) is 14.9 Å². The molecular formula is C19H18N4O3. The van der Waals surface area contributed by atoms with E-state index in [1.54, 1.807) is 23.0 Å². The van der Waals surface area contributed by atoms with Crippen molar-refractivity contribution in [3.63, 3.8) is 0 Å². The Bertz CT molecular complexity index is 935. The van der Waals surface area contributed by atoms with E-state index in [-0.39, 0.29) is 11.5 Å². The lowest BCUT2D eigenvalue weighted by atomic mass is 10.1. The average Bonchev–Trinajstić information content (AvgIpc) is 3.11. The van der Waals surface area contributed by atoms with Crippen LogP contribution >= 0.6 is 0 Å². The summed E-state index contributed by atoms with van der Waals surface area (Å²) in [6.45, 7) is 1.90. The van der Waals surface area contributed by atoms with E-state index in [0.717, 1.165) is 11.3 Å². The van der Waals surface area contributed by atoms with Gasteiger partial charge >= 0.3 is 0 Å². The number of nitro benzene ring substituents is 1. The lowest BCUT2D eigenvalue weighted by molar-refractivity contribution is -0.384. The molecule has 0 atom stereocenters. The first-order valence-electron chi connectivity index (χ1n) is 8.17. The predicted octanol–water partition coefficient (Wildman–Crippen LogP) is 3.64. The molecule has 1 heterocycles. The molecule has 0 bridgehead atoms. The molecule has 0 aliphatic heterocycles. The highest BCUT2D eigenvalue weighted by Gasteiger charge is 2.15. The number of rotatable bonds is 7. The molecule has 2 aromatic carbocycles. The third kappa shape index (κ3) is 3.94. The van der Waals surface area contributed by atoms with E-state index in [1.165, 1.54) is 13.0 Å². The highest BCUT2D eigenvalue weighted by Crippen LogP contribution is 2.25. The standard InChI is InChI=1S/C19H18N4O3/c1-14(24)16-7-8-18(19(11-16)23(25)26)20-10-9-15-12-21-22(13-15)17-5-3-2-4-6-17/h2-8,11-13,20H,9-10H2,1H3. The maximum Gasteiger partial charge on any atom is 0.293 e. The van der Waals surface area contributed by atoms with Crippen LogP contribution in [0.5, 0.6) is 0 Å². The number of aromatic nitrogens is 2. The number of nitrogens with one attached hydrogen (secondary N) is 1. The molecule has 7 nitrogen and oxygen atoms in total. The van der Waals surface area contributed by atoms with Crippen molar-refractivity contribution in [2.45, 2.75) is 13.3 Å². The van der Waals surface area contributed by atoms with Crippen molar-refractivity contribution in [1.29, 1.82) is 0 Å². The minimum atomic E-state index is -0.484.